The summed E-state index contributed by atoms with van der Waals surface area (Å²) in [5.74, 6) is -0.106. The highest BCUT2D eigenvalue weighted by Gasteiger charge is 1.99. The van der Waals surface area contributed by atoms with Gasteiger partial charge in [-0.15, -0.1) is 0 Å². The van der Waals surface area contributed by atoms with Gasteiger partial charge in [-0.05, 0) is 34.1 Å². The van der Waals surface area contributed by atoms with Gasteiger partial charge >= 0.3 is 0 Å². The van der Waals surface area contributed by atoms with E-state index in [-0.39, 0.29) is 5.78 Å². The number of halogens is 1. The molecule has 0 bridgehead atoms. The monoisotopic (exact) mass is 211 g/mol. The molecule has 0 aliphatic rings. The fourth-order valence-corrected chi connectivity index (χ4v) is 0.874. The van der Waals surface area contributed by atoms with Crippen LogP contribution in [0.5, 0.6) is 0 Å². The lowest BCUT2D eigenvalue weighted by Crippen LogP contribution is -1.93. The smallest absolute Gasteiger partial charge is 0.186 e. The second-order valence-corrected chi connectivity index (χ2v) is 2.75. The van der Waals surface area contributed by atoms with Crippen LogP contribution in [0, 0.1) is 0 Å². The molecule has 1 aromatic rings. The zero-order valence-electron chi connectivity index (χ0n) is 5.75. The minimum atomic E-state index is -0.106. The molecule has 0 unspecified atom stereocenters. The van der Waals surface area contributed by atoms with Gasteiger partial charge < -0.3 is 0 Å². The Morgan fingerprint density at radius 3 is 2.82 bits per heavy atom. The quantitative estimate of drug-likeness (QED) is 0.427. The van der Waals surface area contributed by atoms with Crippen molar-refractivity contribution in [1.29, 1.82) is 0 Å². The summed E-state index contributed by atoms with van der Waals surface area (Å²) in [7, 11) is 0. The van der Waals surface area contributed by atoms with E-state index in [2.05, 4.69) is 27.5 Å². The summed E-state index contributed by atoms with van der Waals surface area (Å²) in [6, 6.07) is 3.41. The van der Waals surface area contributed by atoms with Gasteiger partial charge in [-0.2, -0.15) is 0 Å². The van der Waals surface area contributed by atoms with Crippen molar-refractivity contribution in [3.05, 3.63) is 41.2 Å². The molecule has 2 nitrogen and oxygen atoms in total. The summed E-state index contributed by atoms with van der Waals surface area (Å²) in [4.78, 5) is 14.8. The van der Waals surface area contributed by atoms with Crippen LogP contribution in [0.15, 0.2) is 35.6 Å². The van der Waals surface area contributed by atoms with Gasteiger partial charge in [0.05, 0.1) is 0 Å². The summed E-state index contributed by atoms with van der Waals surface area (Å²) >= 11 is 3.17. The molecule has 3 heteroatoms. The van der Waals surface area contributed by atoms with Crippen molar-refractivity contribution in [2.45, 2.75) is 0 Å². The third-order valence-electron chi connectivity index (χ3n) is 1.20. The van der Waals surface area contributed by atoms with Crippen LogP contribution >= 0.6 is 15.9 Å². The molecule has 0 aliphatic heterocycles. The van der Waals surface area contributed by atoms with E-state index < -0.39 is 0 Å². The van der Waals surface area contributed by atoms with Crippen LogP contribution in [0.1, 0.15) is 10.4 Å². The van der Waals surface area contributed by atoms with Crippen LogP contribution in [0.25, 0.3) is 0 Å². The van der Waals surface area contributed by atoms with E-state index in [0.29, 0.717) is 5.56 Å². The SMILES string of the molecule is C=CC(=O)c1ccc(Br)nc1. The number of carbonyl (C=O) groups is 1. The summed E-state index contributed by atoms with van der Waals surface area (Å²) in [5.41, 5.74) is 0.559. The van der Waals surface area contributed by atoms with Crippen LogP contribution in [-0.4, -0.2) is 10.8 Å². The molecule has 0 N–H and O–H groups in total. The number of hydrogen-bond donors (Lipinski definition) is 0. The number of rotatable bonds is 2. The zero-order chi connectivity index (χ0) is 8.27. The van der Waals surface area contributed by atoms with Crippen molar-refractivity contribution in [2.24, 2.45) is 0 Å². The topological polar surface area (TPSA) is 30.0 Å². The van der Waals surface area contributed by atoms with Crippen molar-refractivity contribution in [3.8, 4) is 0 Å². The van der Waals surface area contributed by atoms with E-state index in [1.165, 1.54) is 12.3 Å². The first-order valence-electron chi connectivity index (χ1n) is 3.02. The zero-order valence-corrected chi connectivity index (χ0v) is 7.34. The van der Waals surface area contributed by atoms with Gasteiger partial charge in [-0.25, -0.2) is 4.98 Å². The third kappa shape index (κ3) is 1.98. The van der Waals surface area contributed by atoms with E-state index >= 15 is 0 Å². The van der Waals surface area contributed by atoms with Crippen molar-refractivity contribution in [2.75, 3.05) is 0 Å². The lowest BCUT2D eigenvalue weighted by atomic mass is 10.2. The summed E-state index contributed by atoms with van der Waals surface area (Å²) in [6.07, 6.45) is 2.78. The van der Waals surface area contributed by atoms with Crippen molar-refractivity contribution < 1.29 is 4.79 Å². The summed E-state index contributed by atoms with van der Waals surface area (Å²) in [5, 5.41) is 0. The summed E-state index contributed by atoms with van der Waals surface area (Å²) in [6.45, 7) is 3.37. The largest absolute Gasteiger partial charge is 0.289 e. The summed E-state index contributed by atoms with van der Waals surface area (Å²) < 4.78 is 0.720. The van der Waals surface area contributed by atoms with Crippen LogP contribution in [-0.2, 0) is 0 Å². The van der Waals surface area contributed by atoms with Gasteiger partial charge in [0, 0.05) is 11.8 Å². The van der Waals surface area contributed by atoms with Gasteiger partial charge in [-0.3, -0.25) is 4.79 Å². The molecular weight excluding hydrogens is 206 g/mol. The molecule has 1 heterocycles. The Kier molecular flexibility index (Phi) is 2.54. The van der Waals surface area contributed by atoms with Gasteiger partial charge in [0.2, 0.25) is 0 Å². The molecule has 0 saturated heterocycles. The van der Waals surface area contributed by atoms with Gasteiger partial charge in [0.15, 0.2) is 5.78 Å². The van der Waals surface area contributed by atoms with Gasteiger partial charge in [0.25, 0.3) is 0 Å². The van der Waals surface area contributed by atoms with E-state index in [1.54, 1.807) is 12.1 Å². The first-order valence-corrected chi connectivity index (χ1v) is 3.81. The molecule has 0 saturated carbocycles. The molecule has 1 aromatic heterocycles. The normalized spacial score (nSPS) is 9.18. The van der Waals surface area contributed by atoms with E-state index in [0.717, 1.165) is 4.60 Å². The van der Waals surface area contributed by atoms with E-state index in [1.807, 2.05) is 0 Å². The number of nitrogens with zero attached hydrogens (tertiary/aromatic N) is 1. The fraction of sp³-hybridized carbons (Fsp3) is 0. The molecule has 0 radical (unpaired) electrons. The average molecular weight is 212 g/mol. The Labute approximate surface area is 73.1 Å². The molecule has 11 heavy (non-hydrogen) atoms. The Morgan fingerprint density at radius 2 is 2.36 bits per heavy atom. The molecule has 56 valence electrons. The highest BCUT2D eigenvalue weighted by Crippen LogP contribution is 2.06. The van der Waals surface area contributed by atoms with Gasteiger partial charge in [0.1, 0.15) is 4.60 Å². The molecule has 0 atom stereocenters. The van der Waals surface area contributed by atoms with Crippen LogP contribution in [0.3, 0.4) is 0 Å². The number of carbonyl (C=O) groups excluding carboxylic acids is 1. The molecule has 0 amide bonds. The number of hydrogen-bond acceptors (Lipinski definition) is 2. The number of aromatic nitrogens is 1. The minimum Gasteiger partial charge on any atom is -0.289 e. The lowest BCUT2D eigenvalue weighted by Gasteiger charge is -1.93. The van der Waals surface area contributed by atoms with E-state index in [9.17, 15) is 4.79 Å². The molecule has 0 aliphatic carbocycles. The lowest BCUT2D eigenvalue weighted by molar-refractivity contribution is 0.104. The van der Waals surface area contributed by atoms with Crippen LogP contribution in [0.4, 0.5) is 0 Å². The number of ketones is 1. The molecule has 1 rings (SSSR count). The van der Waals surface area contributed by atoms with Gasteiger partial charge in [-0.1, -0.05) is 6.58 Å². The molecule has 0 aromatic carbocycles. The molecule has 0 fully saturated rings. The average Bonchev–Trinajstić information content (AvgIpc) is 2.05. The second kappa shape index (κ2) is 3.44. The van der Waals surface area contributed by atoms with E-state index in [4.69, 9.17) is 0 Å². The van der Waals surface area contributed by atoms with Crippen molar-refractivity contribution >= 4 is 21.7 Å². The van der Waals surface area contributed by atoms with Crippen molar-refractivity contribution in [1.82, 2.24) is 4.98 Å². The highest BCUT2D eigenvalue weighted by atomic mass is 79.9. The Morgan fingerprint density at radius 1 is 1.64 bits per heavy atom. The minimum absolute atomic E-state index is 0.106. The maximum Gasteiger partial charge on any atom is 0.186 e. The number of allylic oxidation sites excluding steroid dienone is 1. The van der Waals surface area contributed by atoms with Crippen LogP contribution < -0.4 is 0 Å². The first kappa shape index (κ1) is 8.14. The van der Waals surface area contributed by atoms with Crippen LogP contribution in [0.2, 0.25) is 0 Å². The van der Waals surface area contributed by atoms with Crippen molar-refractivity contribution in [3.63, 3.8) is 0 Å². The predicted molar refractivity (Wildman–Crippen MR) is 46.5 cm³/mol. The standard InChI is InChI=1S/C8H6BrNO/c1-2-7(11)6-3-4-8(9)10-5-6/h2-5H,1H2. The second-order valence-electron chi connectivity index (χ2n) is 1.94. The maximum absolute atomic E-state index is 11.0. The Bertz CT molecular complexity index is 279. The predicted octanol–water partition coefficient (Wildman–Crippen LogP) is 2.21. The molecule has 0 spiro atoms. The number of pyridine rings is 1. The fourth-order valence-electron chi connectivity index (χ4n) is 0.639. The highest BCUT2D eigenvalue weighted by molar-refractivity contribution is 9.10. The first-order chi connectivity index (χ1) is 5.24. The Hall–Kier alpha value is -0.960. The third-order valence-corrected chi connectivity index (χ3v) is 1.67. The maximum atomic E-state index is 11.0. The Balaban J connectivity index is 2.98. The molecular formula is C8H6BrNO.